The molecule has 2 aliphatic rings. The van der Waals surface area contributed by atoms with E-state index in [1.165, 1.54) is 16.7 Å². The molecule has 5 heteroatoms. The standard InChI is InChI=1S/C27H28N2O3/c1-19-8-10-22(11-9-19)28-27-29-14-12-21-16-25(30-2)26(17-23(21)24(29)13-15-31-27)32-18-20-6-4-3-5-7-20/h3-11,16-17,24H,12-15,18H2,1-2H3/b28-27-. The van der Waals surface area contributed by atoms with Gasteiger partial charge in [-0.05, 0) is 54.3 Å². The molecular weight excluding hydrogens is 400 g/mol. The van der Waals surface area contributed by atoms with Gasteiger partial charge < -0.3 is 19.1 Å². The second-order valence-corrected chi connectivity index (χ2v) is 8.30. The van der Waals surface area contributed by atoms with Gasteiger partial charge in [0.2, 0.25) is 0 Å². The molecule has 164 valence electrons. The first-order valence-corrected chi connectivity index (χ1v) is 11.1. The lowest BCUT2D eigenvalue weighted by atomic mass is 9.90. The number of ether oxygens (including phenoxy) is 3. The van der Waals surface area contributed by atoms with Gasteiger partial charge in [0, 0.05) is 13.0 Å². The minimum Gasteiger partial charge on any atom is -0.493 e. The number of hydrogen-bond acceptors (Lipinski definition) is 4. The number of benzene rings is 3. The molecule has 0 saturated carbocycles. The van der Waals surface area contributed by atoms with Crippen LogP contribution in [0.2, 0.25) is 0 Å². The van der Waals surface area contributed by atoms with Crippen molar-refractivity contribution >= 4 is 11.7 Å². The van der Waals surface area contributed by atoms with Crippen molar-refractivity contribution in [1.29, 1.82) is 0 Å². The molecule has 0 bridgehead atoms. The SMILES string of the molecule is COc1cc2c(cc1OCc1ccccc1)C1CCO/C(=N\c3ccc(C)cc3)N1CC2. The molecule has 3 aromatic carbocycles. The number of hydrogen-bond donors (Lipinski definition) is 0. The number of methoxy groups -OCH3 is 1. The summed E-state index contributed by atoms with van der Waals surface area (Å²) >= 11 is 0. The average Bonchev–Trinajstić information content (AvgIpc) is 2.84. The van der Waals surface area contributed by atoms with E-state index in [1.54, 1.807) is 7.11 Å². The van der Waals surface area contributed by atoms with E-state index in [0.717, 1.165) is 42.1 Å². The Morgan fingerprint density at radius 2 is 1.84 bits per heavy atom. The third-order valence-electron chi connectivity index (χ3n) is 6.15. The summed E-state index contributed by atoms with van der Waals surface area (Å²) in [6, 6.07) is 23.6. The van der Waals surface area contributed by atoms with Crippen LogP contribution in [0.3, 0.4) is 0 Å². The molecule has 5 rings (SSSR count). The lowest BCUT2D eigenvalue weighted by molar-refractivity contribution is 0.118. The largest absolute Gasteiger partial charge is 0.493 e. The summed E-state index contributed by atoms with van der Waals surface area (Å²) in [6.07, 6.45) is 1.84. The first kappa shape index (κ1) is 20.4. The van der Waals surface area contributed by atoms with Gasteiger partial charge in [-0.2, -0.15) is 4.99 Å². The molecule has 0 radical (unpaired) electrons. The fourth-order valence-electron chi connectivity index (χ4n) is 4.43. The highest BCUT2D eigenvalue weighted by Gasteiger charge is 2.35. The minimum absolute atomic E-state index is 0.224. The molecule has 2 heterocycles. The predicted molar refractivity (Wildman–Crippen MR) is 126 cm³/mol. The first-order chi connectivity index (χ1) is 15.7. The van der Waals surface area contributed by atoms with Gasteiger partial charge in [-0.3, -0.25) is 0 Å². The average molecular weight is 429 g/mol. The summed E-state index contributed by atoms with van der Waals surface area (Å²) in [5, 5.41) is 0. The van der Waals surface area contributed by atoms with Gasteiger partial charge in [0.25, 0.3) is 6.02 Å². The number of aryl methyl sites for hydroxylation is 1. The van der Waals surface area contributed by atoms with Gasteiger partial charge in [-0.1, -0.05) is 48.0 Å². The fourth-order valence-corrected chi connectivity index (χ4v) is 4.43. The highest BCUT2D eigenvalue weighted by Crippen LogP contribution is 2.41. The molecule has 0 aromatic heterocycles. The molecule has 0 N–H and O–H groups in total. The summed E-state index contributed by atoms with van der Waals surface area (Å²) in [4.78, 5) is 7.10. The van der Waals surface area contributed by atoms with Gasteiger partial charge in [0.15, 0.2) is 11.5 Å². The maximum absolute atomic E-state index is 6.19. The third-order valence-corrected chi connectivity index (χ3v) is 6.15. The quantitative estimate of drug-likeness (QED) is 0.531. The van der Waals surface area contributed by atoms with E-state index in [-0.39, 0.29) is 6.04 Å². The normalized spacial score (nSPS) is 18.5. The number of aliphatic imine (C=N–C) groups is 1. The van der Waals surface area contributed by atoms with Crippen molar-refractivity contribution < 1.29 is 14.2 Å². The zero-order valence-electron chi connectivity index (χ0n) is 18.6. The molecule has 0 amide bonds. The maximum atomic E-state index is 6.19. The maximum Gasteiger partial charge on any atom is 0.293 e. The van der Waals surface area contributed by atoms with Crippen molar-refractivity contribution in [1.82, 2.24) is 4.90 Å². The fraction of sp³-hybridized carbons (Fsp3) is 0.296. The Hall–Kier alpha value is -3.47. The molecule has 0 aliphatic carbocycles. The molecule has 1 fully saturated rings. The third kappa shape index (κ3) is 4.15. The van der Waals surface area contributed by atoms with E-state index in [4.69, 9.17) is 19.2 Å². The predicted octanol–water partition coefficient (Wildman–Crippen LogP) is 5.59. The molecule has 1 atom stereocenters. The molecule has 1 saturated heterocycles. The summed E-state index contributed by atoms with van der Waals surface area (Å²) in [5.41, 5.74) is 5.86. The molecular formula is C27H28N2O3. The van der Waals surface area contributed by atoms with Crippen LogP contribution in [0.1, 0.15) is 34.7 Å². The molecule has 1 unspecified atom stereocenters. The van der Waals surface area contributed by atoms with Crippen LogP contribution in [0.4, 0.5) is 5.69 Å². The van der Waals surface area contributed by atoms with Crippen molar-refractivity contribution in [3.05, 3.63) is 89.0 Å². The van der Waals surface area contributed by atoms with E-state index in [1.807, 2.05) is 30.3 Å². The summed E-state index contributed by atoms with van der Waals surface area (Å²) < 4.78 is 17.8. The lowest BCUT2D eigenvalue weighted by Gasteiger charge is -2.42. The van der Waals surface area contributed by atoms with Gasteiger partial charge in [0.05, 0.1) is 25.4 Å². The van der Waals surface area contributed by atoms with Crippen molar-refractivity contribution in [3.8, 4) is 11.5 Å². The Kier molecular flexibility index (Phi) is 5.71. The summed E-state index contributed by atoms with van der Waals surface area (Å²) in [5.74, 6) is 1.56. The molecule has 2 aliphatic heterocycles. The molecule has 0 spiro atoms. The van der Waals surface area contributed by atoms with Gasteiger partial charge >= 0.3 is 0 Å². The van der Waals surface area contributed by atoms with Crippen molar-refractivity contribution in [2.45, 2.75) is 32.4 Å². The van der Waals surface area contributed by atoms with E-state index >= 15 is 0 Å². The molecule has 3 aromatic rings. The highest BCUT2D eigenvalue weighted by atomic mass is 16.5. The Bertz CT molecular complexity index is 1110. The zero-order valence-corrected chi connectivity index (χ0v) is 18.6. The van der Waals surface area contributed by atoms with E-state index in [9.17, 15) is 0 Å². The smallest absolute Gasteiger partial charge is 0.293 e. The number of fused-ring (bicyclic) bond motifs is 3. The number of nitrogens with zero attached hydrogens (tertiary/aromatic N) is 2. The van der Waals surface area contributed by atoms with Gasteiger partial charge in [-0.15, -0.1) is 0 Å². The second kappa shape index (κ2) is 8.95. The van der Waals surface area contributed by atoms with Crippen molar-refractivity contribution in [3.63, 3.8) is 0 Å². The Morgan fingerprint density at radius 1 is 1.03 bits per heavy atom. The van der Waals surface area contributed by atoms with E-state index in [0.29, 0.717) is 19.2 Å². The van der Waals surface area contributed by atoms with E-state index in [2.05, 4.69) is 48.2 Å². The zero-order chi connectivity index (χ0) is 21.9. The van der Waals surface area contributed by atoms with Crippen LogP contribution in [-0.2, 0) is 17.8 Å². The van der Waals surface area contributed by atoms with Crippen LogP contribution >= 0.6 is 0 Å². The van der Waals surface area contributed by atoms with Crippen LogP contribution in [0.5, 0.6) is 11.5 Å². The van der Waals surface area contributed by atoms with Crippen LogP contribution < -0.4 is 9.47 Å². The van der Waals surface area contributed by atoms with Crippen LogP contribution in [-0.4, -0.2) is 31.2 Å². The number of amidine groups is 1. The Balaban J connectivity index is 1.43. The minimum atomic E-state index is 0.224. The summed E-state index contributed by atoms with van der Waals surface area (Å²) in [7, 11) is 1.70. The molecule has 32 heavy (non-hydrogen) atoms. The van der Waals surface area contributed by atoms with Crippen molar-refractivity contribution in [2.24, 2.45) is 4.99 Å². The lowest BCUT2D eigenvalue weighted by Crippen LogP contribution is -2.45. The molecule has 5 nitrogen and oxygen atoms in total. The van der Waals surface area contributed by atoms with Crippen LogP contribution in [0.15, 0.2) is 71.7 Å². The second-order valence-electron chi connectivity index (χ2n) is 8.30. The number of rotatable bonds is 5. The van der Waals surface area contributed by atoms with Crippen LogP contribution in [0.25, 0.3) is 0 Å². The van der Waals surface area contributed by atoms with Gasteiger partial charge in [-0.25, -0.2) is 0 Å². The van der Waals surface area contributed by atoms with Gasteiger partial charge in [0.1, 0.15) is 6.61 Å². The Labute approximate surface area is 189 Å². The topological polar surface area (TPSA) is 43.3 Å². The van der Waals surface area contributed by atoms with Crippen LogP contribution in [0, 0.1) is 6.92 Å². The van der Waals surface area contributed by atoms with E-state index < -0.39 is 0 Å². The first-order valence-electron chi connectivity index (χ1n) is 11.1. The Morgan fingerprint density at radius 3 is 2.62 bits per heavy atom. The monoisotopic (exact) mass is 428 g/mol. The highest BCUT2D eigenvalue weighted by molar-refractivity contribution is 5.79. The summed E-state index contributed by atoms with van der Waals surface area (Å²) in [6.45, 7) is 4.11. The van der Waals surface area contributed by atoms with Crippen molar-refractivity contribution in [2.75, 3.05) is 20.3 Å².